The Morgan fingerprint density at radius 3 is 2.54 bits per heavy atom. The molecule has 1 heterocycles. The van der Waals surface area contributed by atoms with Crippen molar-refractivity contribution < 1.29 is 26.5 Å². The van der Waals surface area contributed by atoms with E-state index in [0.29, 0.717) is 5.56 Å². The molecule has 0 aliphatic carbocycles. The largest absolute Gasteiger partial charge is 0.501 e. The second kappa shape index (κ2) is 6.89. The van der Waals surface area contributed by atoms with E-state index in [1.807, 2.05) is 0 Å². The lowest BCUT2D eigenvalue weighted by Gasteiger charge is -2.06. The topological polar surface area (TPSA) is 103 Å². The molecule has 0 atom stereocenters. The maximum absolute atomic E-state index is 14.0. The zero-order valence-electron chi connectivity index (χ0n) is 13.1. The summed E-state index contributed by atoms with van der Waals surface area (Å²) in [7, 11) is -4.13. The number of rotatable bonds is 5. The highest BCUT2D eigenvalue weighted by Gasteiger charge is 2.27. The first kappa shape index (κ1) is 18.1. The Bertz CT molecular complexity index is 1050. The van der Waals surface area contributed by atoms with Crippen LogP contribution in [0.15, 0.2) is 52.9 Å². The minimum atomic E-state index is -4.13. The number of anilines is 1. The fourth-order valence-electron chi connectivity index (χ4n) is 2.30. The van der Waals surface area contributed by atoms with Crippen molar-refractivity contribution in [3.63, 3.8) is 0 Å². The second-order valence-corrected chi connectivity index (χ2v) is 7.38. The van der Waals surface area contributed by atoms with Gasteiger partial charge in [-0.2, -0.15) is 8.42 Å². The number of nitrogen functional groups attached to an aromatic ring is 1. The Morgan fingerprint density at radius 2 is 1.88 bits per heavy atom. The van der Waals surface area contributed by atoms with Gasteiger partial charge in [-0.05, 0) is 23.8 Å². The molecule has 0 radical (unpaired) electrons. The smallest absolute Gasteiger partial charge is 0.313 e. The Morgan fingerprint density at radius 1 is 1.19 bits per heavy atom. The van der Waals surface area contributed by atoms with Crippen LogP contribution < -0.4 is 9.92 Å². The van der Waals surface area contributed by atoms with E-state index in [0.717, 1.165) is 6.07 Å². The van der Waals surface area contributed by atoms with E-state index in [1.54, 1.807) is 30.3 Å². The normalized spacial score (nSPS) is 11.5. The van der Waals surface area contributed by atoms with Crippen LogP contribution in [0.3, 0.4) is 0 Å². The Kier molecular flexibility index (Phi) is 4.80. The minimum absolute atomic E-state index is 0.145. The summed E-state index contributed by atoms with van der Waals surface area (Å²) in [5.41, 5.74) is 5.94. The molecule has 0 unspecified atom stereocenters. The molecule has 0 bridgehead atoms. The number of nitrogens with two attached hydrogens (primary N) is 1. The van der Waals surface area contributed by atoms with Crippen molar-refractivity contribution >= 4 is 27.6 Å². The van der Waals surface area contributed by atoms with Gasteiger partial charge in [0.15, 0.2) is 5.76 Å². The lowest BCUT2D eigenvalue weighted by atomic mass is 10.1. The summed E-state index contributed by atoms with van der Waals surface area (Å²) in [6.07, 6.45) is 0. The lowest BCUT2D eigenvalue weighted by Crippen LogP contribution is -2.12. The standard InChI is InChI=1S/C17H13ClFNO5S/c18-11-6-7-12(13(19)8-11)15-14(21)16(17(20)24-15)25-26(22,23)9-10-4-2-1-3-5-10/h1-8,21H,9,20H2. The molecule has 9 heteroatoms. The van der Waals surface area contributed by atoms with Crippen LogP contribution in [0.2, 0.25) is 5.02 Å². The number of hydrogen-bond acceptors (Lipinski definition) is 6. The molecular weight excluding hydrogens is 385 g/mol. The molecule has 3 N–H and O–H groups in total. The van der Waals surface area contributed by atoms with E-state index in [2.05, 4.69) is 0 Å². The molecule has 1 aromatic heterocycles. The first-order valence-corrected chi connectivity index (χ1v) is 9.25. The van der Waals surface area contributed by atoms with Gasteiger partial charge >= 0.3 is 10.1 Å². The summed E-state index contributed by atoms with van der Waals surface area (Å²) in [6.45, 7) is 0. The molecule has 6 nitrogen and oxygen atoms in total. The van der Waals surface area contributed by atoms with Crippen molar-refractivity contribution in [3.8, 4) is 22.8 Å². The number of aromatic hydroxyl groups is 1. The van der Waals surface area contributed by atoms with Gasteiger partial charge in [-0.15, -0.1) is 0 Å². The van der Waals surface area contributed by atoms with Crippen molar-refractivity contribution in [2.45, 2.75) is 5.75 Å². The molecule has 0 saturated heterocycles. The molecule has 0 amide bonds. The third-order valence-electron chi connectivity index (χ3n) is 3.44. The molecule has 26 heavy (non-hydrogen) atoms. The molecule has 2 aromatic carbocycles. The van der Waals surface area contributed by atoms with E-state index in [-0.39, 0.29) is 16.3 Å². The monoisotopic (exact) mass is 397 g/mol. The van der Waals surface area contributed by atoms with Crippen molar-refractivity contribution in [1.29, 1.82) is 0 Å². The molecule has 3 aromatic rings. The summed E-state index contributed by atoms with van der Waals surface area (Å²) in [4.78, 5) is 0. The van der Waals surface area contributed by atoms with E-state index in [1.165, 1.54) is 12.1 Å². The van der Waals surface area contributed by atoms with Crippen LogP contribution in [-0.2, 0) is 15.9 Å². The minimum Gasteiger partial charge on any atom is -0.501 e. The van der Waals surface area contributed by atoms with E-state index in [4.69, 9.17) is 25.9 Å². The average Bonchev–Trinajstić information content (AvgIpc) is 2.83. The van der Waals surface area contributed by atoms with Crippen molar-refractivity contribution in [1.82, 2.24) is 0 Å². The Balaban J connectivity index is 1.93. The summed E-state index contributed by atoms with van der Waals surface area (Å²) in [5, 5.41) is 10.4. The molecule has 136 valence electrons. The predicted octanol–water partition coefficient (Wildman–Crippen LogP) is 3.94. The maximum atomic E-state index is 14.0. The summed E-state index contributed by atoms with van der Waals surface area (Å²) in [5.74, 6) is -3.39. The van der Waals surface area contributed by atoms with Gasteiger partial charge in [0.05, 0.1) is 5.56 Å². The first-order chi connectivity index (χ1) is 12.3. The Labute approximate surface area is 153 Å². The molecule has 0 spiro atoms. The van der Waals surface area contributed by atoms with Gasteiger partial charge in [0.1, 0.15) is 11.6 Å². The van der Waals surface area contributed by atoms with Crippen LogP contribution in [-0.4, -0.2) is 13.5 Å². The van der Waals surface area contributed by atoms with Crippen LogP contribution in [0, 0.1) is 5.82 Å². The average molecular weight is 398 g/mol. The van der Waals surface area contributed by atoms with Crippen LogP contribution >= 0.6 is 11.6 Å². The number of furan rings is 1. The van der Waals surface area contributed by atoms with Crippen molar-refractivity contribution in [2.24, 2.45) is 0 Å². The fourth-order valence-corrected chi connectivity index (χ4v) is 3.53. The maximum Gasteiger partial charge on any atom is 0.313 e. The van der Waals surface area contributed by atoms with Gasteiger partial charge in [0.25, 0.3) is 0 Å². The SMILES string of the molecule is Nc1oc(-c2ccc(Cl)cc2F)c(O)c1OS(=O)(=O)Cc1ccccc1. The second-order valence-electron chi connectivity index (χ2n) is 5.37. The summed E-state index contributed by atoms with van der Waals surface area (Å²) >= 11 is 5.68. The fraction of sp³-hybridized carbons (Fsp3) is 0.0588. The van der Waals surface area contributed by atoms with Gasteiger partial charge in [0, 0.05) is 5.02 Å². The van der Waals surface area contributed by atoms with Crippen LogP contribution in [0.1, 0.15) is 5.56 Å². The zero-order chi connectivity index (χ0) is 18.9. The van der Waals surface area contributed by atoms with Gasteiger partial charge in [-0.3, -0.25) is 0 Å². The van der Waals surface area contributed by atoms with Gasteiger partial charge in [-0.1, -0.05) is 41.9 Å². The Hall–Kier alpha value is -2.71. The lowest BCUT2D eigenvalue weighted by molar-refractivity contribution is 0.432. The zero-order valence-corrected chi connectivity index (χ0v) is 14.7. The number of hydrogen-bond donors (Lipinski definition) is 2. The third-order valence-corrected chi connectivity index (χ3v) is 4.78. The van der Waals surface area contributed by atoms with E-state index in [9.17, 15) is 17.9 Å². The molecule has 0 aliphatic rings. The quantitative estimate of drug-likeness (QED) is 0.632. The van der Waals surface area contributed by atoms with Crippen LogP contribution in [0.4, 0.5) is 10.3 Å². The highest BCUT2D eigenvalue weighted by molar-refractivity contribution is 7.86. The molecule has 0 fully saturated rings. The first-order valence-electron chi connectivity index (χ1n) is 7.29. The van der Waals surface area contributed by atoms with Gasteiger partial charge < -0.3 is 19.4 Å². The van der Waals surface area contributed by atoms with Crippen molar-refractivity contribution in [3.05, 3.63) is 64.9 Å². The summed E-state index contributed by atoms with van der Waals surface area (Å²) < 4.78 is 48.4. The van der Waals surface area contributed by atoms with E-state index < -0.39 is 39.1 Å². The van der Waals surface area contributed by atoms with Gasteiger partial charge in [-0.25, -0.2) is 4.39 Å². The van der Waals surface area contributed by atoms with E-state index >= 15 is 0 Å². The molecule has 0 saturated carbocycles. The molecule has 3 rings (SSSR count). The van der Waals surface area contributed by atoms with Crippen molar-refractivity contribution in [2.75, 3.05) is 5.73 Å². The highest BCUT2D eigenvalue weighted by atomic mass is 35.5. The number of benzene rings is 2. The molecular formula is C17H13ClFNO5S. The predicted molar refractivity (Wildman–Crippen MR) is 94.9 cm³/mol. The molecule has 0 aliphatic heterocycles. The highest BCUT2D eigenvalue weighted by Crippen LogP contribution is 2.46. The van der Waals surface area contributed by atoms with Crippen LogP contribution in [0.25, 0.3) is 11.3 Å². The van der Waals surface area contributed by atoms with Gasteiger partial charge in [0.2, 0.25) is 17.4 Å². The number of halogens is 2. The third kappa shape index (κ3) is 3.76. The van der Waals surface area contributed by atoms with Crippen LogP contribution in [0.5, 0.6) is 11.5 Å². The summed E-state index contributed by atoms with van der Waals surface area (Å²) in [6, 6.07) is 12.0.